The van der Waals surface area contributed by atoms with E-state index in [-0.39, 0.29) is 5.91 Å². The van der Waals surface area contributed by atoms with Gasteiger partial charge in [-0.15, -0.1) is 0 Å². The van der Waals surface area contributed by atoms with Crippen molar-refractivity contribution in [1.82, 2.24) is 4.90 Å². The van der Waals surface area contributed by atoms with Crippen LogP contribution in [0.4, 0.5) is 0 Å². The van der Waals surface area contributed by atoms with E-state index in [0.717, 1.165) is 31.9 Å². The molecule has 76 valence electrons. The van der Waals surface area contributed by atoms with E-state index >= 15 is 0 Å². The number of amides is 1. The van der Waals surface area contributed by atoms with E-state index < -0.39 is 0 Å². The van der Waals surface area contributed by atoms with Crippen LogP contribution in [0.3, 0.4) is 0 Å². The fourth-order valence-corrected chi connectivity index (χ4v) is 1.84. The van der Waals surface area contributed by atoms with Gasteiger partial charge in [-0.2, -0.15) is 12.6 Å². The van der Waals surface area contributed by atoms with Crippen molar-refractivity contribution in [2.24, 2.45) is 5.92 Å². The van der Waals surface area contributed by atoms with Gasteiger partial charge in [0.2, 0.25) is 5.91 Å². The van der Waals surface area contributed by atoms with Gasteiger partial charge in [0.15, 0.2) is 0 Å². The Bertz CT molecular complexity index is 175. The summed E-state index contributed by atoms with van der Waals surface area (Å²) in [7, 11) is 1.68. The summed E-state index contributed by atoms with van der Waals surface area (Å²) in [6.07, 6.45) is 1.61. The Hall–Kier alpha value is -0.220. The zero-order valence-electron chi connectivity index (χ0n) is 8.03. The van der Waals surface area contributed by atoms with Crippen LogP contribution in [-0.2, 0) is 9.53 Å². The summed E-state index contributed by atoms with van der Waals surface area (Å²) in [6, 6.07) is 0. The normalized spacial score (nSPS) is 22.8. The molecule has 1 heterocycles. The lowest BCUT2D eigenvalue weighted by atomic mass is 10.1. The van der Waals surface area contributed by atoms with Crippen LogP contribution in [0.2, 0.25) is 0 Å². The number of carbonyl (C=O) groups excluding carboxylic acids is 1. The Morgan fingerprint density at radius 3 is 3.00 bits per heavy atom. The molecule has 1 amide bonds. The highest BCUT2D eigenvalue weighted by molar-refractivity contribution is 7.80. The Morgan fingerprint density at radius 2 is 2.46 bits per heavy atom. The quantitative estimate of drug-likeness (QED) is 0.529. The molecule has 0 aliphatic carbocycles. The predicted octanol–water partition coefficient (Wildman–Crippen LogP) is 0.801. The van der Waals surface area contributed by atoms with Crippen molar-refractivity contribution in [1.29, 1.82) is 0 Å². The molecule has 0 saturated carbocycles. The minimum Gasteiger partial charge on any atom is -0.385 e. The Kier molecular flexibility index (Phi) is 4.59. The molecule has 3 nitrogen and oxygen atoms in total. The number of thiol groups is 1. The maximum absolute atomic E-state index is 11.4. The van der Waals surface area contributed by atoms with E-state index in [1.807, 2.05) is 4.90 Å². The first-order chi connectivity index (χ1) is 6.27. The summed E-state index contributed by atoms with van der Waals surface area (Å²) < 4.78 is 4.94. The van der Waals surface area contributed by atoms with Gasteiger partial charge >= 0.3 is 0 Å². The number of ether oxygens (including phenoxy) is 1. The smallest absolute Gasteiger partial charge is 0.222 e. The fraction of sp³-hybridized carbons (Fsp3) is 0.889. The first kappa shape index (κ1) is 10.9. The highest BCUT2D eigenvalue weighted by Crippen LogP contribution is 2.18. The SMILES string of the molecule is COCCCN1CC(CS)CC1=O. The average Bonchev–Trinajstić information content (AvgIpc) is 2.48. The maximum atomic E-state index is 11.4. The molecule has 13 heavy (non-hydrogen) atoms. The monoisotopic (exact) mass is 203 g/mol. The standard InChI is InChI=1S/C9H17NO2S/c1-12-4-2-3-10-6-8(7-13)5-9(10)11/h8,13H,2-7H2,1H3. The number of hydrogen-bond donors (Lipinski definition) is 1. The van der Waals surface area contributed by atoms with E-state index in [1.165, 1.54) is 0 Å². The summed E-state index contributed by atoms with van der Waals surface area (Å²) in [6.45, 7) is 2.44. The van der Waals surface area contributed by atoms with Crippen molar-refractivity contribution in [2.75, 3.05) is 32.6 Å². The molecule has 1 unspecified atom stereocenters. The third kappa shape index (κ3) is 3.19. The largest absolute Gasteiger partial charge is 0.385 e. The molecule has 4 heteroatoms. The van der Waals surface area contributed by atoms with Gasteiger partial charge in [-0.25, -0.2) is 0 Å². The van der Waals surface area contributed by atoms with E-state index in [1.54, 1.807) is 7.11 Å². The Labute approximate surface area is 84.8 Å². The lowest BCUT2D eigenvalue weighted by molar-refractivity contribution is -0.127. The molecule has 1 atom stereocenters. The molecule has 0 aromatic rings. The average molecular weight is 203 g/mol. The van der Waals surface area contributed by atoms with Gasteiger partial charge in [0.25, 0.3) is 0 Å². The molecule has 0 aromatic heterocycles. The van der Waals surface area contributed by atoms with Crippen molar-refractivity contribution >= 4 is 18.5 Å². The third-order valence-electron chi connectivity index (χ3n) is 2.33. The van der Waals surface area contributed by atoms with Gasteiger partial charge in [-0.1, -0.05) is 0 Å². The van der Waals surface area contributed by atoms with Crippen LogP contribution >= 0.6 is 12.6 Å². The van der Waals surface area contributed by atoms with Crippen LogP contribution in [0, 0.1) is 5.92 Å². The van der Waals surface area contributed by atoms with E-state index in [4.69, 9.17) is 4.74 Å². The van der Waals surface area contributed by atoms with Crippen molar-refractivity contribution in [3.8, 4) is 0 Å². The molecule has 0 radical (unpaired) electrons. The summed E-state index contributed by atoms with van der Waals surface area (Å²) in [5.41, 5.74) is 0. The summed E-state index contributed by atoms with van der Waals surface area (Å²) in [4.78, 5) is 13.3. The molecule has 0 N–H and O–H groups in total. The molecule has 1 aliphatic heterocycles. The molecule has 1 fully saturated rings. The van der Waals surface area contributed by atoms with Gasteiger partial charge in [0.1, 0.15) is 0 Å². The fourth-order valence-electron chi connectivity index (χ4n) is 1.59. The van der Waals surface area contributed by atoms with Crippen LogP contribution in [0.15, 0.2) is 0 Å². The Balaban J connectivity index is 2.23. The van der Waals surface area contributed by atoms with Crippen LogP contribution in [0.25, 0.3) is 0 Å². The van der Waals surface area contributed by atoms with Gasteiger partial charge < -0.3 is 9.64 Å². The van der Waals surface area contributed by atoms with Gasteiger partial charge in [-0.3, -0.25) is 4.79 Å². The topological polar surface area (TPSA) is 29.5 Å². The molecular weight excluding hydrogens is 186 g/mol. The molecule has 0 bridgehead atoms. The van der Waals surface area contributed by atoms with Crippen molar-refractivity contribution in [2.45, 2.75) is 12.8 Å². The van der Waals surface area contributed by atoms with Crippen LogP contribution < -0.4 is 0 Å². The van der Waals surface area contributed by atoms with E-state index in [2.05, 4.69) is 12.6 Å². The molecule has 1 rings (SSSR count). The van der Waals surface area contributed by atoms with E-state index in [9.17, 15) is 4.79 Å². The second-order valence-electron chi connectivity index (χ2n) is 3.44. The van der Waals surface area contributed by atoms with Crippen LogP contribution in [0.1, 0.15) is 12.8 Å². The zero-order valence-corrected chi connectivity index (χ0v) is 8.93. The number of carbonyl (C=O) groups is 1. The number of likely N-dealkylation sites (tertiary alicyclic amines) is 1. The van der Waals surface area contributed by atoms with Gasteiger partial charge in [-0.05, 0) is 18.1 Å². The minimum atomic E-state index is 0.273. The molecule has 0 spiro atoms. The third-order valence-corrected chi connectivity index (χ3v) is 2.85. The maximum Gasteiger partial charge on any atom is 0.222 e. The second kappa shape index (κ2) is 5.50. The van der Waals surface area contributed by atoms with Crippen LogP contribution in [-0.4, -0.2) is 43.4 Å². The zero-order chi connectivity index (χ0) is 9.68. The number of rotatable bonds is 5. The molecule has 0 aromatic carbocycles. The number of methoxy groups -OCH3 is 1. The van der Waals surface area contributed by atoms with Crippen molar-refractivity contribution < 1.29 is 9.53 Å². The lowest BCUT2D eigenvalue weighted by Crippen LogP contribution is -2.27. The van der Waals surface area contributed by atoms with Gasteiger partial charge in [0.05, 0.1) is 0 Å². The number of hydrogen-bond acceptors (Lipinski definition) is 3. The first-order valence-electron chi connectivity index (χ1n) is 4.65. The predicted molar refractivity (Wildman–Crippen MR) is 55.0 cm³/mol. The molecule has 1 saturated heterocycles. The van der Waals surface area contributed by atoms with Crippen molar-refractivity contribution in [3.63, 3.8) is 0 Å². The highest BCUT2D eigenvalue weighted by atomic mass is 32.1. The second-order valence-corrected chi connectivity index (χ2v) is 3.80. The summed E-state index contributed by atoms with van der Waals surface area (Å²) in [5.74, 6) is 1.54. The first-order valence-corrected chi connectivity index (χ1v) is 5.28. The Morgan fingerprint density at radius 1 is 1.69 bits per heavy atom. The van der Waals surface area contributed by atoms with Crippen molar-refractivity contribution in [3.05, 3.63) is 0 Å². The van der Waals surface area contributed by atoms with Gasteiger partial charge in [0, 0.05) is 33.2 Å². The van der Waals surface area contributed by atoms with Crippen LogP contribution in [0.5, 0.6) is 0 Å². The van der Waals surface area contributed by atoms with E-state index in [0.29, 0.717) is 12.3 Å². The minimum absolute atomic E-state index is 0.273. The summed E-state index contributed by atoms with van der Waals surface area (Å²) in [5, 5.41) is 0. The lowest BCUT2D eigenvalue weighted by Gasteiger charge is -2.15. The molecular formula is C9H17NO2S. The summed E-state index contributed by atoms with van der Waals surface area (Å²) >= 11 is 4.20. The number of nitrogens with zero attached hydrogens (tertiary/aromatic N) is 1. The highest BCUT2D eigenvalue weighted by Gasteiger charge is 2.27. The molecule has 1 aliphatic rings.